The SMILES string of the molecule is C=[S-](=O)CC.CSc1ncnc(C(=N)N)c1S.[C-]#[N+]c1ncnc(SC)c1N. The number of hydrogen-bond acceptors (Lipinski definition) is 11. The number of hydrogen-bond donors (Lipinski definition) is 4. The van der Waals surface area contributed by atoms with Crippen LogP contribution in [0.25, 0.3) is 4.85 Å². The number of nitrogens with two attached hydrogens (primary N) is 2. The molecule has 0 amide bonds. The second-order valence-corrected chi connectivity index (χ2v) is 7.95. The van der Waals surface area contributed by atoms with E-state index < -0.39 is 10.4 Å². The molecule has 9 nitrogen and oxygen atoms in total. The Morgan fingerprint density at radius 3 is 2.21 bits per heavy atom. The van der Waals surface area contributed by atoms with E-state index in [-0.39, 0.29) is 11.7 Å². The zero-order valence-corrected chi connectivity index (χ0v) is 18.9. The Hall–Kier alpha value is -2.01. The molecule has 0 saturated carbocycles. The third-order valence-electron chi connectivity index (χ3n) is 2.68. The van der Waals surface area contributed by atoms with E-state index in [1.807, 2.05) is 19.4 Å². The molecule has 0 aliphatic rings. The minimum atomic E-state index is -0.823. The topological polar surface area (TPSA) is 149 Å². The van der Waals surface area contributed by atoms with Crippen molar-refractivity contribution in [3.05, 3.63) is 29.8 Å². The lowest BCUT2D eigenvalue weighted by atomic mass is 10.4. The summed E-state index contributed by atoms with van der Waals surface area (Å²) in [5.74, 6) is 4.04. The molecular weight excluding hydrogens is 436 g/mol. The maximum atomic E-state index is 9.81. The van der Waals surface area contributed by atoms with Crippen molar-refractivity contribution in [3.63, 3.8) is 0 Å². The van der Waals surface area contributed by atoms with E-state index in [0.717, 1.165) is 5.03 Å². The first-order valence-corrected chi connectivity index (χ1v) is 11.7. The molecule has 0 unspecified atom stereocenters. The van der Waals surface area contributed by atoms with Crippen molar-refractivity contribution in [2.45, 2.75) is 21.9 Å². The third-order valence-corrected chi connectivity index (χ3v) is 5.31. The molecule has 0 saturated heterocycles. The minimum absolute atomic E-state index is 0.0855. The largest absolute Gasteiger partial charge is 0.462 e. The number of thioether (sulfide) groups is 2. The van der Waals surface area contributed by atoms with Gasteiger partial charge in [0.1, 0.15) is 27.9 Å². The maximum Gasteiger partial charge on any atom is 0.296 e. The Balaban J connectivity index is 0.000000424. The Labute approximate surface area is 180 Å². The Morgan fingerprint density at radius 2 is 1.79 bits per heavy atom. The first-order chi connectivity index (χ1) is 13.2. The van der Waals surface area contributed by atoms with Crippen LogP contribution < -0.4 is 11.5 Å². The lowest BCUT2D eigenvalue weighted by Crippen LogP contribution is -2.14. The van der Waals surface area contributed by atoms with Crippen molar-refractivity contribution in [1.29, 1.82) is 5.41 Å². The highest BCUT2D eigenvalue weighted by Gasteiger charge is 2.08. The van der Waals surface area contributed by atoms with Gasteiger partial charge in [0.15, 0.2) is 0 Å². The molecule has 0 bridgehead atoms. The van der Waals surface area contributed by atoms with E-state index in [2.05, 4.69) is 43.3 Å². The zero-order valence-electron chi connectivity index (χ0n) is 15.5. The van der Waals surface area contributed by atoms with E-state index in [1.54, 1.807) is 0 Å². The maximum absolute atomic E-state index is 9.81. The first kappa shape index (κ1) is 26.0. The van der Waals surface area contributed by atoms with E-state index >= 15 is 0 Å². The number of rotatable bonds is 4. The standard InChI is InChI=1S/C6H8N4S2.C6H6N4S.C3H7OS/c1-12-6-4(11)3(5(7)8)9-2-10-6;1-8-5-4(7)6(11-2)10-3-9-5;1-3-5(2)4/h2,11H,1H3,(H3,7,8);3H,7H2,2H3;2-3H2,1H3/q;;-1. The number of aromatic nitrogens is 4. The number of thiol groups is 1. The van der Waals surface area contributed by atoms with Crippen LogP contribution in [0.15, 0.2) is 27.6 Å². The second-order valence-electron chi connectivity index (χ2n) is 4.45. The van der Waals surface area contributed by atoms with E-state index in [1.165, 1.54) is 36.2 Å². The zero-order chi connectivity index (χ0) is 21.7. The average molecular weight is 458 g/mol. The average Bonchev–Trinajstić information content (AvgIpc) is 2.69. The van der Waals surface area contributed by atoms with Crippen molar-refractivity contribution >= 4 is 69.8 Å². The van der Waals surface area contributed by atoms with Crippen molar-refractivity contribution in [3.8, 4) is 0 Å². The summed E-state index contributed by atoms with van der Waals surface area (Å²) in [6.45, 7) is 8.54. The predicted octanol–water partition coefficient (Wildman–Crippen LogP) is 2.50. The molecule has 0 fully saturated rings. The molecule has 2 aromatic rings. The van der Waals surface area contributed by atoms with Crippen LogP contribution in [0.4, 0.5) is 11.5 Å². The van der Waals surface area contributed by atoms with Crippen LogP contribution in [0.3, 0.4) is 0 Å². The molecule has 5 N–H and O–H groups in total. The first-order valence-electron chi connectivity index (χ1n) is 7.35. The minimum Gasteiger partial charge on any atom is -0.462 e. The number of anilines is 1. The van der Waals surface area contributed by atoms with Crippen molar-refractivity contribution in [2.75, 3.05) is 24.0 Å². The number of amidine groups is 1. The van der Waals surface area contributed by atoms with Crippen LogP contribution in [0, 0.1) is 12.0 Å². The monoisotopic (exact) mass is 457 g/mol. The highest BCUT2D eigenvalue weighted by Crippen LogP contribution is 2.26. The van der Waals surface area contributed by atoms with Gasteiger partial charge in [0, 0.05) is 0 Å². The lowest BCUT2D eigenvalue weighted by molar-refractivity contribution is 0.604. The molecule has 0 aromatic carbocycles. The van der Waals surface area contributed by atoms with Crippen molar-refractivity contribution in [2.24, 2.45) is 5.73 Å². The molecule has 2 aromatic heterocycles. The van der Waals surface area contributed by atoms with E-state index in [9.17, 15) is 4.21 Å². The Kier molecular flexibility index (Phi) is 13.0. The second kappa shape index (κ2) is 14.1. The van der Waals surface area contributed by atoms with Crippen molar-refractivity contribution in [1.82, 2.24) is 19.9 Å². The molecule has 0 radical (unpaired) electrons. The van der Waals surface area contributed by atoms with Crippen LogP contribution in [0.2, 0.25) is 0 Å². The highest BCUT2D eigenvalue weighted by atomic mass is 32.2. The Bertz CT molecular complexity index is 903. The fraction of sp³-hybridized carbons (Fsp3) is 0.267. The molecule has 152 valence electrons. The molecule has 0 atom stereocenters. The summed E-state index contributed by atoms with van der Waals surface area (Å²) in [4.78, 5) is 19.1. The molecule has 0 spiro atoms. The van der Waals surface area contributed by atoms with Crippen LogP contribution in [-0.4, -0.2) is 49.9 Å². The van der Waals surface area contributed by atoms with Crippen LogP contribution in [0.1, 0.15) is 12.6 Å². The fourth-order valence-corrected chi connectivity index (χ4v) is 2.75. The van der Waals surface area contributed by atoms with Gasteiger partial charge in [-0.25, -0.2) is 15.0 Å². The van der Waals surface area contributed by atoms with Gasteiger partial charge in [0.25, 0.3) is 5.82 Å². The molecule has 0 aliphatic carbocycles. The highest BCUT2D eigenvalue weighted by molar-refractivity contribution is 7.99. The van der Waals surface area contributed by atoms with E-state index in [4.69, 9.17) is 23.4 Å². The summed E-state index contributed by atoms with van der Waals surface area (Å²) >= 11 is 7.02. The summed E-state index contributed by atoms with van der Waals surface area (Å²) in [7, 11) is -0.823. The lowest BCUT2D eigenvalue weighted by Gasteiger charge is -2.03. The van der Waals surface area contributed by atoms with Gasteiger partial charge in [-0.2, -0.15) is 5.87 Å². The van der Waals surface area contributed by atoms with Crippen LogP contribution in [-0.2, 0) is 14.6 Å². The fourth-order valence-electron chi connectivity index (χ4n) is 1.33. The van der Waals surface area contributed by atoms with Gasteiger partial charge in [-0.1, -0.05) is 13.5 Å². The number of nitrogens with one attached hydrogen (secondary N) is 1. The molecule has 28 heavy (non-hydrogen) atoms. The number of nitrogens with zero attached hydrogens (tertiary/aromatic N) is 5. The van der Waals surface area contributed by atoms with Gasteiger partial charge in [0.2, 0.25) is 6.33 Å². The Morgan fingerprint density at radius 1 is 1.29 bits per heavy atom. The summed E-state index contributed by atoms with van der Waals surface area (Å²) in [6.07, 6.45) is 6.45. The van der Waals surface area contributed by atoms with Crippen LogP contribution in [0.5, 0.6) is 0 Å². The molecule has 0 aliphatic heterocycles. The summed E-state index contributed by atoms with van der Waals surface area (Å²) in [5.41, 5.74) is 11.6. The smallest absolute Gasteiger partial charge is 0.296 e. The van der Waals surface area contributed by atoms with E-state index in [0.29, 0.717) is 27.1 Å². The summed E-state index contributed by atoms with van der Waals surface area (Å²) < 4.78 is 9.81. The summed E-state index contributed by atoms with van der Waals surface area (Å²) in [6, 6.07) is 0. The van der Waals surface area contributed by atoms with Gasteiger partial charge in [-0.15, -0.1) is 46.9 Å². The third kappa shape index (κ3) is 8.79. The summed E-state index contributed by atoms with van der Waals surface area (Å²) in [5, 5.41) is 8.57. The van der Waals surface area contributed by atoms with Gasteiger partial charge in [-0.3, -0.25) is 15.8 Å². The van der Waals surface area contributed by atoms with Gasteiger partial charge < -0.3 is 20.5 Å². The van der Waals surface area contributed by atoms with Crippen LogP contribution >= 0.6 is 36.2 Å². The normalized spacial score (nSPS) is 9.43. The molecular formula is C15H21N8OS4-. The van der Waals surface area contributed by atoms with Gasteiger partial charge in [-0.05, 0) is 12.5 Å². The predicted molar refractivity (Wildman–Crippen MR) is 122 cm³/mol. The van der Waals surface area contributed by atoms with Gasteiger partial charge >= 0.3 is 0 Å². The quantitative estimate of drug-likeness (QED) is 0.0793. The molecule has 2 heterocycles. The number of nitrogen functional groups attached to an aromatic ring is 2. The van der Waals surface area contributed by atoms with Gasteiger partial charge in [0.05, 0.1) is 10.6 Å². The molecule has 2 rings (SSSR count). The van der Waals surface area contributed by atoms with Crippen molar-refractivity contribution < 1.29 is 4.21 Å². The molecule has 13 heteroatoms.